The number of benzene rings is 1. The van der Waals surface area contributed by atoms with Gasteiger partial charge in [0, 0.05) is 12.0 Å². The molecule has 0 unspecified atom stereocenters. The quantitative estimate of drug-likeness (QED) is 0.0386. The number of rotatable bonds is 43. The van der Waals surface area contributed by atoms with Crippen molar-refractivity contribution in [1.82, 2.24) is 0 Å². The van der Waals surface area contributed by atoms with E-state index in [1.54, 1.807) is 24.3 Å². The minimum Gasteiger partial charge on any atom is -0.491 e. The number of carbonyl (C=O) groups is 2. The Labute approximate surface area is 320 Å². The second-order valence-corrected chi connectivity index (χ2v) is 12.6. The highest BCUT2D eigenvalue weighted by atomic mass is 16.6. The summed E-state index contributed by atoms with van der Waals surface area (Å²) in [5, 5.41) is 0. The monoisotopic (exact) mass is 757 g/mol. The number of hydrogen-bond acceptors (Lipinski definition) is 12. The molecule has 12 nitrogen and oxygen atoms in total. The lowest BCUT2D eigenvalue weighted by molar-refractivity contribution is -0.145. The molecule has 1 aromatic rings. The van der Waals surface area contributed by atoms with E-state index in [0.29, 0.717) is 130 Å². The first kappa shape index (κ1) is 48.9. The molecule has 0 amide bonds. The van der Waals surface area contributed by atoms with Gasteiger partial charge in [-0.2, -0.15) is 0 Å². The lowest BCUT2D eigenvalue weighted by atomic mass is 10.0. The Balaban J connectivity index is 1.65. The number of unbranched alkanes of at least 4 members (excludes halogenated alkanes) is 12. The topological polar surface area (TPSA) is 126 Å². The van der Waals surface area contributed by atoms with Gasteiger partial charge in [0.2, 0.25) is 0 Å². The maximum atomic E-state index is 11.9. The van der Waals surface area contributed by atoms with Crippen LogP contribution in [0.2, 0.25) is 0 Å². The van der Waals surface area contributed by atoms with Gasteiger partial charge in [-0.3, -0.25) is 9.59 Å². The zero-order valence-corrected chi connectivity index (χ0v) is 32.9. The second-order valence-electron chi connectivity index (χ2n) is 12.6. The average Bonchev–Trinajstić information content (AvgIpc) is 3.18. The van der Waals surface area contributed by atoms with Crippen molar-refractivity contribution in [3.05, 3.63) is 29.8 Å². The van der Waals surface area contributed by atoms with E-state index in [9.17, 15) is 9.59 Å². The van der Waals surface area contributed by atoms with Crippen LogP contribution in [0.4, 0.5) is 0 Å². The van der Waals surface area contributed by atoms with Crippen molar-refractivity contribution in [2.45, 2.75) is 96.8 Å². The summed E-state index contributed by atoms with van der Waals surface area (Å²) in [5.41, 5.74) is 0.617. The van der Waals surface area contributed by atoms with Crippen LogP contribution in [0.5, 0.6) is 5.75 Å². The van der Waals surface area contributed by atoms with Gasteiger partial charge in [0.25, 0.3) is 0 Å². The van der Waals surface area contributed by atoms with E-state index < -0.39 is 0 Å². The molecule has 0 aliphatic carbocycles. The lowest BCUT2D eigenvalue weighted by Crippen LogP contribution is -2.15. The highest BCUT2D eigenvalue weighted by molar-refractivity contribution is 5.74. The molecular formula is C41H72O12. The van der Waals surface area contributed by atoms with E-state index in [4.69, 9.17) is 47.4 Å². The van der Waals surface area contributed by atoms with Gasteiger partial charge in [-0.05, 0) is 30.7 Å². The summed E-state index contributed by atoms with van der Waals surface area (Å²) >= 11 is 0. The van der Waals surface area contributed by atoms with Gasteiger partial charge < -0.3 is 47.4 Å². The largest absolute Gasteiger partial charge is 0.491 e. The molecule has 0 fully saturated rings. The molecule has 0 radical (unpaired) electrons. The van der Waals surface area contributed by atoms with Gasteiger partial charge in [-0.25, -0.2) is 0 Å². The molecule has 0 aliphatic heterocycles. The summed E-state index contributed by atoms with van der Waals surface area (Å²) < 4.78 is 54.7. The maximum Gasteiger partial charge on any atom is 0.305 e. The van der Waals surface area contributed by atoms with Crippen LogP contribution in [0, 0.1) is 0 Å². The van der Waals surface area contributed by atoms with Crippen molar-refractivity contribution in [3.8, 4) is 5.75 Å². The third-order valence-corrected chi connectivity index (χ3v) is 8.09. The summed E-state index contributed by atoms with van der Waals surface area (Å²) in [6.45, 7) is 10.6. The van der Waals surface area contributed by atoms with Crippen LogP contribution in [0.15, 0.2) is 24.3 Å². The van der Waals surface area contributed by atoms with Crippen LogP contribution in [0.3, 0.4) is 0 Å². The summed E-state index contributed by atoms with van der Waals surface area (Å²) in [7, 11) is 0. The Hall–Kier alpha value is -2.16. The number of carbonyl (C=O) groups excluding carboxylic acids is 2. The molecule has 308 valence electrons. The highest BCUT2D eigenvalue weighted by Gasteiger charge is 2.03. The smallest absolute Gasteiger partial charge is 0.305 e. The zero-order valence-electron chi connectivity index (χ0n) is 32.9. The van der Waals surface area contributed by atoms with Crippen LogP contribution in [0.1, 0.15) is 107 Å². The first-order valence-corrected chi connectivity index (χ1v) is 20.2. The van der Waals surface area contributed by atoms with Gasteiger partial charge >= 0.3 is 5.97 Å². The fraction of sp³-hybridized carbons (Fsp3) is 0.805. The Bertz CT molecular complexity index is 901. The summed E-state index contributed by atoms with van der Waals surface area (Å²) in [4.78, 5) is 22.5. The minimum absolute atomic E-state index is 0.134. The van der Waals surface area contributed by atoms with Gasteiger partial charge in [0.05, 0.1) is 106 Å². The van der Waals surface area contributed by atoms with E-state index in [1.807, 2.05) is 0 Å². The van der Waals surface area contributed by atoms with Crippen LogP contribution in [-0.4, -0.2) is 131 Å². The lowest BCUT2D eigenvalue weighted by Gasteiger charge is -2.09. The normalized spacial score (nSPS) is 11.3. The van der Waals surface area contributed by atoms with Crippen LogP contribution >= 0.6 is 0 Å². The molecule has 1 rings (SSSR count). The molecular weight excluding hydrogens is 684 g/mol. The molecule has 0 saturated carbocycles. The first-order chi connectivity index (χ1) is 26.3. The molecule has 0 bridgehead atoms. The molecule has 0 aromatic heterocycles. The van der Waals surface area contributed by atoms with Gasteiger partial charge in [-0.1, -0.05) is 84.0 Å². The molecule has 0 spiro atoms. The average molecular weight is 757 g/mol. The SMILES string of the molecule is CCCCCCCCCCCCCCCC(=O)OCCOCCOCCOCCOCCOCCOCCOCCOCCOc1ccc(C=O)cc1. The Morgan fingerprint density at radius 1 is 0.434 bits per heavy atom. The standard InChI is InChI=1S/C41H72O12/c1-2-3-4-5-6-7-8-9-10-11-12-13-14-15-41(43)53-37-35-51-33-31-49-29-27-47-25-23-45-21-20-44-22-24-46-26-28-48-30-32-50-34-36-52-40-18-16-39(38-42)17-19-40/h16-19,38H,2-15,20-37H2,1H3. The van der Waals surface area contributed by atoms with E-state index in [0.717, 1.165) is 19.1 Å². The van der Waals surface area contributed by atoms with Crippen molar-refractivity contribution >= 4 is 12.3 Å². The third-order valence-electron chi connectivity index (χ3n) is 8.09. The Morgan fingerprint density at radius 3 is 1.11 bits per heavy atom. The van der Waals surface area contributed by atoms with E-state index in [-0.39, 0.29) is 12.6 Å². The zero-order chi connectivity index (χ0) is 38.0. The van der Waals surface area contributed by atoms with E-state index in [2.05, 4.69) is 6.92 Å². The van der Waals surface area contributed by atoms with Crippen molar-refractivity contribution in [3.63, 3.8) is 0 Å². The molecule has 0 heterocycles. The van der Waals surface area contributed by atoms with Gasteiger partial charge in [0.1, 0.15) is 25.2 Å². The predicted octanol–water partition coefficient (Wildman–Crippen LogP) is 7.04. The Kier molecular flexibility index (Phi) is 37.8. The van der Waals surface area contributed by atoms with Crippen LogP contribution < -0.4 is 4.74 Å². The van der Waals surface area contributed by atoms with E-state index in [1.165, 1.54) is 70.6 Å². The van der Waals surface area contributed by atoms with Crippen molar-refractivity contribution in [2.24, 2.45) is 0 Å². The molecule has 0 saturated heterocycles. The number of ether oxygens (including phenoxy) is 10. The fourth-order valence-electron chi connectivity index (χ4n) is 5.08. The summed E-state index contributed by atoms with van der Waals surface area (Å²) in [5.74, 6) is 0.569. The second kappa shape index (κ2) is 41.0. The predicted molar refractivity (Wildman–Crippen MR) is 205 cm³/mol. The number of esters is 1. The van der Waals surface area contributed by atoms with Gasteiger partial charge in [-0.15, -0.1) is 0 Å². The maximum absolute atomic E-state index is 11.9. The molecule has 0 aliphatic rings. The number of hydrogen-bond donors (Lipinski definition) is 0. The minimum atomic E-state index is -0.134. The van der Waals surface area contributed by atoms with Crippen LogP contribution in [-0.2, 0) is 47.4 Å². The first-order valence-electron chi connectivity index (χ1n) is 20.2. The fourth-order valence-corrected chi connectivity index (χ4v) is 5.08. The van der Waals surface area contributed by atoms with Crippen molar-refractivity contribution in [1.29, 1.82) is 0 Å². The highest BCUT2D eigenvalue weighted by Crippen LogP contribution is 2.13. The van der Waals surface area contributed by atoms with E-state index >= 15 is 0 Å². The molecule has 1 aromatic carbocycles. The summed E-state index contributed by atoms with van der Waals surface area (Å²) in [6, 6.07) is 6.94. The van der Waals surface area contributed by atoms with Gasteiger partial charge in [0.15, 0.2) is 0 Å². The summed E-state index contributed by atoms with van der Waals surface area (Å²) in [6.07, 6.45) is 18.1. The van der Waals surface area contributed by atoms with Crippen LogP contribution in [0.25, 0.3) is 0 Å². The van der Waals surface area contributed by atoms with Crippen molar-refractivity contribution in [2.75, 3.05) is 119 Å². The number of aldehydes is 1. The molecule has 12 heteroatoms. The third kappa shape index (κ3) is 36.6. The van der Waals surface area contributed by atoms with Crippen molar-refractivity contribution < 1.29 is 57.0 Å². The molecule has 53 heavy (non-hydrogen) atoms. The Morgan fingerprint density at radius 2 is 0.755 bits per heavy atom. The molecule has 0 atom stereocenters. The molecule has 0 N–H and O–H groups in total.